The van der Waals surface area contributed by atoms with Crippen LogP contribution in [0.4, 0.5) is 0 Å². The number of hydrogen-bond acceptors (Lipinski definition) is 6. The topological polar surface area (TPSA) is 127 Å². The molecule has 6 atom stereocenters. The maximum Gasteiger partial charge on any atom is 0.310 e. The summed E-state index contributed by atoms with van der Waals surface area (Å²) in [6, 6.07) is 0. The third kappa shape index (κ3) is 5.68. The summed E-state index contributed by atoms with van der Waals surface area (Å²) in [5, 5.41) is 18.4. The van der Waals surface area contributed by atoms with E-state index in [0.29, 0.717) is 19.0 Å². The Morgan fingerprint density at radius 2 is 1.54 bits per heavy atom. The van der Waals surface area contributed by atoms with Crippen LogP contribution in [-0.4, -0.2) is 61.2 Å². The monoisotopic (exact) mass is 346 g/mol. The number of ether oxygens (including phenoxy) is 2. The third-order valence-corrected chi connectivity index (χ3v) is 4.38. The molecule has 0 heterocycles. The summed E-state index contributed by atoms with van der Waals surface area (Å²) in [6.45, 7) is 3.07. The van der Waals surface area contributed by atoms with E-state index in [2.05, 4.69) is 0 Å². The zero-order valence-electron chi connectivity index (χ0n) is 14.4. The highest BCUT2D eigenvalue weighted by Gasteiger charge is 2.40. The van der Waals surface area contributed by atoms with Crippen molar-refractivity contribution in [2.75, 3.05) is 14.2 Å². The van der Waals surface area contributed by atoms with Gasteiger partial charge in [-0.05, 0) is 12.8 Å². The Bertz CT molecular complexity index is 432. The van der Waals surface area contributed by atoms with E-state index in [-0.39, 0.29) is 6.42 Å². The predicted molar refractivity (Wildman–Crippen MR) is 83.5 cm³/mol. The lowest BCUT2D eigenvalue weighted by atomic mass is 9.79. The van der Waals surface area contributed by atoms with Crippen LogP contribution in [0, 0.1) is 23.7 Å². The quantitative estimate of drug-likeness (QED) is 0.470. The summed E-state index contributed by atoms with van der Waals surface area (Å²) < 4.78 is 10.4. The van der Waals surface area contributed by atoms with Crippen LogP contribution in [0.5, 0.6) is 0 Å². The lowest BCUT2D eigenvalue weighted by molar-refractivity contribution is -0.160. The highest BCUT2D eigenvalue weighted by molar-refractivity contribution is 5.80. The van der Waals surface area contributed by atoms with Gasteiger partial charge in [0.2, 0.25) is 0 Å². The molecule has 0 bridgehead atoms. The Hall–Kier alpha value is -1.80. The highest BCUT2D eigenvalue weighted by Crippen LogP contribution is 2.28. The Kier molecular flexibility index (Phi) is 10.1. The summed E-state index contributed by atoms with van der Waals surface area (Å²) in [6.07, 6.45) is 0.0703. The number of carboxylic acids is 2. The largest absolute Gasteiger partial charge is 0.481 e. The first kappa shape index (κ1) is 22.2. The average Bonchev–Trinajstić information content (AvgIpc) is 2.55. The van der Waals surface area contributed by atoms with Crippen molar-refractivity contribution in [3.05, 3.63) is 0 Å². The first-order chi connectivity index (χ1) is 11.3. The van der Waals surface area contributed by atoms with Crippen LogP contribution < -0.4 is 0 Å². The van der Waals surface area contributed by atoms with Gasteiger partial charge < -0.3 is 29.3 Å². The van der Waals surface area contributed by atoms with Crippen molar-refractivity contribution in [1.82, 2.24) is 0 Å². The van der Waals surface area contributed by atoms with Crippen molar-refractivity contribution in [2.45, 2.75) is 38.9 Å². The summed E-state index contributed by atoms with van der Waals surface area (Å²) in [5.74, 6) is -6.75. The van der Waals surface area contributed by atoms with Crippen LogP contribution in [0.1, 0.15) is 26.7 Å². The molecule has 0 saturated heterocycles. The number of carboxylic acid groups (broad SMARTS) is 2. The van der Waals surface area contributed by atoms with E-state index in [1.165, 1.54) is 21.1 Å². The standard InChI is InChI=1S/C16H26O8/c1-5-12(23-3)11(8-18)10(7-17)6-13(24-4)14(16(21)22)9(2)15(19)20/h7-14H,5-6H2,1-4H3,(H,19,20)(H,21,22). The normalized spacial score (nSPS) is 18.7. The van der Waals surface area contributed by atoms with Gasteiger partial charge in [0.1, 0.15) is 12.6 Å². The number of carbonyl (C=O) groups is 4. The molecular formula is C16H26O8. The van der Waals surface area contributed by atoms with E-state index in [0.717, 1.165) is 0 Å². The molecular weight excluding hydrogens is 320 g/mol. The molecule has 8 nitrogen and oxygen atoms in total. The molecule has 8 heteroatoms. The third-order valence-electron chi connectivity index (χ3n) is 4.38. The lowest BCUT2D eigenvalue weighted by Gasteiger charge is -2.31. The molecule has 0 radical (unpaired) electrons. The van der Waals surface area contributed by atoms with Gasteiger partial charge in [0.25, 0.3) is 0 Å². The molecule has 0 aliphatic heterocycles. The van der Waals surface area contributed by atoms with Crippen LogP contribution >= 0.6 is 0 Å². The van der Waals surface area contributed by atoms with Crippen LogP contribution in [0.3, 0.4) is 0 Å². The molecule has 0 aromatic rings. The fourth-order valence-corrected chi connectivity index (χ4v) is 2.87. The lowest BCUT2D eigenvalue weighted by Crippen LogP contribution is -2.41. The Balaban J connectivity index is 5.48. The van der Waals surface area contributed by atoms with Crippen LogP contribution in [0.15, 0.2) is 0 Å². The van der Waals surface area contributed by atoms with Crippen molar-refractivity contribution >= 4 is 24.5 Å². The van der Waals surface area contributed by atoms with Gasteiger partial charge in [-0.3, -0.25) is 9.59 Å². The van der Waals surface area contributed by atoms with E-state index in [9.17, 15) is 24.3 Å². The minimum absolute atomic E-state index is 0.0855. The molecule has 138 valence electrons. The minimum atomic E-state index is -1.34. The molecule has 0 aliphatic rings. The smallest absolute Gasteiger partial charge is 0.310 e. The molecule has 0 aliphatic carbocycles. The van der Waals surface area contributed by atoms with Gasteiger partial charge in [0.15, 0.2) is 0 Å². The number of rotatable bonds is 13. The van der Waals surface area contributed by atoms with E-state index in [1.807, 2.05) is 0 Å². The number of methoxy groups -OCH3 is 2. The maximum absolute atomic E-state index is 11.5. The maximum atomic E-state index is 11.5. The van der Waals surface area contributed by atoms with Crippen LogP contribution in [0.2, 0.25) is 0 Å². The van der Waals surface area contributed by atoms with Crippen molar-refractivity contribution < 1.29 is 38.9 Å². The van der Waals surface area contributed by atoms with Crippen molar-refractivity contribution in [2.24, 2.45) is 23.7 Å². The number of aliphatic carboxylic acids is 2. The molecule has 6 unspecified atom stereocenters. The second-order valence-corrected chi connectivity index (χ2v) is 5.70. The molecule has 0 fully saturated rings. The fourth-order valence-electron chi connectivity index (χ4n) is 2.87. The molecule has 0 aromatic carbocycles. The predicted octanol–water partition coefficient (Wildman–Crippen LogP) is 0.868. The van der Waals surface area contributed by atoms with Crippen molar-refractivity contribution in [3.8, 4) is 0 Å². The Morgan fingerprint density at radius 3 is 1.83 bits per heavy atom. The van der Waals surface area contributed by atoms with E-state index in [4.69, 9.17) is 14.6 Å². The second kappa shape index (κ2) is 10.9. The molecule has 24 heavy (non-hydrogen) atoms. The SMILES string of the molecule is CCC(OC)C(C=O)C(C=O)CC(OC)C(C(=O)O)C(C)C(=O)O. The van der Waals surface area contributed by atoms with Crippen molar-refractivity contribution in [1.29, 1.82) is 0 Å². The number of hydrogen-bond donors (Lipinski definition) is 2. The van der Waals surface area contributed by atoms with E-state index >= 15 is 0 Å². The minimum Gasteiger partial charge on any atom is -0.481 e. The zero-order chi connectivity index (χ0) is 18.9. The first-order valence-corrected chi connectivity index (χ1v) is 7.70. The van der Waals surface area contributed by atoms with Crippen LogP contribution in [-0.2, 0) is 28.7 Å². The van der Waals surface area contributed by atoms with Gasteiger partial charge in [-0.25, -0.2) is 0 Å². The van der Waals surface area contributed by atoms with E-state index < -0.39 is 47.8 Å². The van der Waals surface area contributed by atoms with Gasteiger partial charge in [-0.1, -0.05) is 13.8 Å². The summed E-state index contributed by atoms with van der Waals surface area (Å²) in [5.41, 5.74) is 0. The van der Waals surface area contributed by atoms with Gasteiger partial charge >= 0.3 is 11.9 Å². The molecule has 0 saturated carbocycles. The van der Waals surface area contributed by atoms with Gasteiger partial charge in [0.05, 0.1) is 30.0 Å². The van der Waals surface area contributed by atoms with Crippen molar-refractivity contribution in [3.63, 3.8) is 0 Å². The summed E-state index contributed by atoms with van der Waals surface area (Å²) in [7, 11) is 2.67. The zero-order valence-corrected chi connectivity index (χ0v) is 14.4. The van der Waals surface area contributed by atoms with E-state index in [1.54, 1.807) is 6.92 Å². The molecule has 0 aromatic heterocycles. The molecule has 0 amide bonds. The number of aldehydes is 2. The Morgan fingerprint density at radius 1 is 1.00 bits per heavy atom. The van der Waals surface area contributed by atoms with Gasteiger partial charge in [-0.2, -0.15) is 0 Å². The van der Waals surface area contributed by atoms with Crippen LogP contribution in [0.25, 0.3) is 0 Å². The summed E-state index contributed by atoms with van der Waals surface area (Å²) in [4.78, 5) is 45.5. The molecule has 0 rings (SSSR count). The van der Waals surface area contributed by atoms with Gasteiger partial charge in [0, 0.05) is 20.1 Å². The fraction of sp³-hybridized carbons (Fsp3) is 0.750. The second-order valence-electron chi connectivity index (χ2n) is 5.70. The molecule has 2 N–H and O–H groups in total. The first-order valence-electron chi connectivity index (χ1n) is 7.70. The number of carbonyl (C=O) groups excluding carboxylic acids is 2. The highest BCUT2D eigenvalue weighted by atomic mass is 16.5. The average molecular weight is 346 g/mol. The summed E-state index contributed by atoms with van der Waals surface area (Å²) >= 11 is 0. The molecule has 0 spiro atoms. The Labute approximate surface area is 141 Å². The van der Waals surface area contributed by atoms with Gasteiger partial charge in [-0.15, -0.1) is 0 Å².